The van der Waals surface area contributed by atoms with Gasteiger partial charge in [-0.1, -0.05) is 0 Å². The van der Waals surface area contributed by atoms with E-state index in [1.54, 1.807) is 0 Å². The van der Waals surface area contributed by atoms with E-state index in [4.69, 9.17) is 25.5 Å². The Morgan fingerprint density at radius 3 is 1.92 bits per heavy atom. The summed E-state index contributed by atoms with van der Waals surface area (Å²) in [5.74, 6) is 0. The molecular formula is C6H14O6. The van der Waals surface area contributed by atoms with E-state index >= 15 is 0 Å². The topological polar surface area (TPSA) is 110 Å². The second kappa shape index (κ2) is 6.30. The SMILES string of the molecule is OCOC(CO)C(O)C(O)CO. The summed E-state index contributed by atoms with van der Waals surface area (Å²) in [6, 6.07) is 0. The molecule has 0 rings (SSSR count). The predicted molar refractivity (Wildman–Crippen MR) is 38.1 cm³/mol. The number of hydrogen-bond donors (Lipinski definition) is 5. The standard InChI is InChI=1S/C6H14O6/c7-1-4(10)6(11)5(2-8)12-3-9/h4-11H,1-3H2. The first-order chi connectivity index (χ1) is 5.67. The first-order valence-electron chi connectivity index (χ1n) is 3.47. The van der Waals surface area contributed by atoms with Crippen LogP contribution in [0.3, 0.4) is 0 Å². The fraction of sp³-hybridized carbons (Fsp3) is 1.00. The van der Waals surface area contributed by atoms with Gasteiger partial charge in [0.25, 0.3) is 0 Å². The van der Waals surface area contributed by atoms with Gasteiger partial charge in [0, 0.05) is 0 Å². The number of aliphatic hydroxyl groups excluding tert-OH is 5. The number of rotatable bonds is 6. The Bertz CT molecular complexity index is 108. The molecule has 3 unspecified atom stereocenters. The molecule has 12 heavy (non-hydrogen) atoms. The highest BCUT2D eigenvalue weighted by molar-refractivity contribution is 4.74. The summed E-state index contributed by atoms with van der Waals surface area (Å²) < 4.78 is 4.46. The average molecular weight is 182 g/mol. The van der Waals surface area contributed by atoms with E-state index in [0.717, 1.165) is 0 Å². The van der Waals surface area contributed by atoms with Crippen molar-refractivity contribution in [3.63, 3.8) is 0 Å². The summed E-state index contributed by atoms with van der Waals surface area (Å²) in [5.41, 5.74) is 0. The van der Waals surface area contributed by atoms with Crippen LogP contribution in [0.4, 0.5) is 0 Å². The van der Waals surface area contributed by atoms with E-state index < -0.39 is 38.3 Å². The van der Waals surface area contributed by atoms with Crippen LogP contribution in [0.2, 0.25) is 0 Å². The van der Waals surface area contributed by atoms with Gasteiger partial charge in [0.05, 0.1) is 13.2 Å². The Balaban J connectivity index is 3.91. The van der Waals surface area contributed by atoms with E-state index in [2.05, 4.69) is 4.74 Å². The third-order valence-electron chi connectivity index (χ3n) is 1.43. The van der Waals surface area contributed by atoms with Gasteiger partial charge >= 0.3 is 0 Å². The van der Waals surface area contributed by atoms with Crippen LogP contribution in [-0.4, -0.2) is 63.9 Å². The van der Waals surface area contributed by atoms with E-state index in [9.17, 15) is 0 Å². The van der Waals surface area contributed by atoms with Crippen LogP contribution in [0.1, 0.15) is 0 Å². The molecule has 6 heteroatoms. The van der Waals surface area contributed by atoms with Gasteiger partial charge in [-0.15, -0.1) is 0 Å². The van der Waals surface area contributed by atoms with Crippen LogP contribution in [0, 0.1) is 0 Å². The lowest BCUT2D eigenvalue weighted by atomic mass is 10.1. The molecule has 0 spiro atoms. The van der Waals surface area contributed by atoms with Gasteiger partial charge < -0.3 is 30.3 Å². The maximum atomic E-state index is 9.10. The normalized spacial score (nSPS) is 18.8. The highest BCUT2D eigenvalue weighted by Crippen LogP contribution is 2.03. The van der Waals surface area contributed by atoms with E-state index in [1.165, 1.54) is 0 Å². The largest absolute Gasteiger partial charge is 0.394 e. The quantitative estimate of drug-likeness (QED) is 0.280. The van der Waals surface area contributed by atoms with Gasteiger partial charge in [-0.05, 0) is 0 Å². The van der Waals surface area contributed by atoms with Gasteiger partial charge in [-0.25, -0.2) is 0 Å². The first-order valence-corrected chi connectivity index (χ1v) is 3.47. The second-order valence-corrected chi connectivity index (χ2v) is 2.26. The highest BCUT2D eigenvalue weighted by Gasteiger charge is 2.25. The number of hydrogen-bond acceptors (Lipinski definition) is 6. The van der Waals surface area contributed by atoms with Crippen molar-refractivity contribution in [2.45, 2.75) is 18.3 Å². The minimum Gasteiger partial charge on any atom is -0.394 e. The second-order valence-electron chi connectivity index (χ2n) is 2.26. The third-order valence-corrected chi connectivity index (χ3v) is 1.43. The van der Waals surface area contributed by atoms with Crippen LogP contribution in [0.15, 0.2) is 0 Å². The van der Waals surface area contributed by atoms with E-state index in [-0.39, 0.29) is 0 Å². The zero-order valence-electron chi connectivity index (χ0n) is 6.50. The lowest BCUT2D eigenvalue weighted by Gasteiger charge is -2.23. The molecule has 0 saturated carbocycles. The highest BCUT2D eigenvalue weighted by atomic mass is 16.6. The molecule has 0 amide bonds. The van der Waals surface area contributed by atoms with Crippen molar-refractivity contribution in [1.82, 2.24) is 0 Å². The van der Waals surface area contributed by atoms with Crippen LogP contribution in [-0.2, 0) is 4.74 Å². The molecule has 0 aromatic rings. The van der Waals surface area contributed by atoms with Gasteiger partial charge in [0.2, 0.25) is 0 Å². The zero-order valence-corrected chi connectivity index (χ0v) is 6.50. The number of aliphatic hydroxyl groups is 5. The summed E-state index contributed by atoms with van der Waals surface area (Å²) in [5, 5.41) is 43.3. The first kappa shape index (κ1) is 11.8. The molecule has 0 heterocycles. The minimum atomic E-state index is -1.41. The van der Waals surface area contributed by atoms with Gasteiger partial charge in [0.15, 0.2) is 0 Å². The molecule has 0 bridgehead atoms. The fourth-order valence-corrected chi connectivity index (χ4v) is 0.711. The smallest absolute Gasteiger partial charge is 0.144 e. The van der Waals surface area contributed by atoms with E-state index in [1.807, 2.05) is 0 Å². The summed E-state index contributed by atoms with van der Waals surface area (Å²) in [7, 11) is 0. The predicted octanol–water partition coefficient (Wildman–Crippen LogP) is -2.97. The van der Waals surface area contributed by atoms with E-state index in [0.29, 0.717) is 0 Å². The van der Waals surface area contributed by atoms with Gasteiger partial charge in [-0.2, -0.15) is 0 Å². The Kier molecular flexibility index (Phi) is 6.17. The summed E-state index contributed by atoms with van der Waals surface area (Å²) in [6.45, 7) is -1.84. The minimum absolute atomic E-state index is 0.543. The van der Waals surface area contributed by atoms with Crippen LogP contribution in [0.25, 0.3) is 0 Å². The number of ether oxygens (including phenoxy) is 1. The van der Waals surface area contributed by atoms with Crippen molar-refractivity contribution in [2.24, 2.45) is 0 Å². The Hall–Kier alpha value is -0.240. The molecule has 0 aromatic heterocycles. The van der Waals surface area contributed by atoms with Gasteiger partial charge in [-0.3, -0.25) is 0 Å². The van der Waals surface area contributed by atoms with Crippen molar-refractivity contribution in [3.05, 3.63) is 0 Å². The van der Waals surface area contributed by atoms with Crippen LogP contribution < -0.4 is 0 Å². The zero-order chi connectivity index (χ0) is 9.56. The summed E-state index contributed by atoms with van der Waals surface area (Å²) in [6.07, 6.45) is -3.88. The fourth-order valence-electron chi connectivity index (χ4n) is 0.711. The molecule has 0 aliphatic carbocycles. The average Bonchev–Trinajstić information content (AvgIpc) is 2.11. The molecule has 0 aromatic carbocycles. The Morgan fingerprint density at radius 1 is 1.00 bits per heavy atom. The maximum absolute atomic E-state index is 9.10. The van der Waals surface area contributed by atoms with Crippen molar-refractivity contribution in [1.29, 1.82) is 0 Å². The maximum Gasteiger partial charge on any atom is 0.144 e. The molecule has 0 aliphatic heterocycles. The molecular weight excluding hydrogens is 168 g/mol. The molecule has 0 radical (unpaired) electrons. The van der Waals surface area contributed by atoms with Crippen molar-refractivity contribution in [2.75, 3.05) is 20.0 Å². The van der Waals surface area contributed by atoms with Crippen molar-refractivity contribution < 1.29 is 30.3 Å². The lowest BCUT2D eigenvalue weighted by Crippen LogP contribution is -2.43. The lowest BCUT2D eigenvalue weighted by molar-refractivity contribution is -0.148. The van der Waals surface area contributed by atoms with Gasteiger partial charge in [0.1, 0.15) is 25.1 Å². The molecule has 3 atom stereocenters. The molecule has 6 nitrogen and oxygen atoms in total. The monoisotopic (exact) mass is 182 g/mol. The molecule has 0 aliphatic rings. The molecule has 5 N–H and O–H groups in total. The summed E-state index contributed by atoms with van der Waals surface area (Å²) in [4.78, 5) is 0. The van der Waals surface area contributed by atoms with Crippen molar-refractivity contribution in [3.8, 4) is 0 Å². The Labute approximate surface area is 69.6 Å². The van der Waals surface area contributed by atoms with Crippen LogP contribution in [0.5, 0.6) is 0 Å². The molecule has 0 fully saturated rings. The Morgan fingerprint density at radius 2 is 1.58 bits per heavy atom. The summed E-state index contributed by atoms with van der Waals surface area (Å²) >= 11 is 0. The van der Waals surface area contributed by atoms with Crippen molar-refractivity contribution >= 4 is 0 Å². The molecule has 74 valence electrons. The molecule has 0 saturated heterocycles. The third kappa shape index (κ3) is 3.44. The van der Waals surface area contributed by atoms with Crippen LogP contribution >= 0.6 is 0 Å².